The molecule has 0 bridgehead atoms. The Labute approximate surface area is 117 Å². The van der Waals surface area contributed by atoms with E-state index in [2.05, 4.69) is 54.4 Å². The fourth-order valence-corrected chi connectivity index (χ4v) is 2.52. The van der Waals surface area contributed by atoms with E-state index in [0.29, 0.717) is 0 Å². The summed E-state index contributed by atoms with van der Waals surface area (Å²) < 4.78 is 0. The molecular formula is C17H26N2. The molecule has 1 N–H and O–H groups in total. The van der Waals surface area contributed by atoms with Crippen molar-refractivity contribution in [3.8, 4) is 0 Å². The van der Waals surface area contributed by atoms with E-state index in [9.17, 15) is 0 Å². The molecule has 2 rings (SSSR count). The first-order chi connectivity index (χ1) is 9.29. The number of hydrogen-bond acceptors (Lipinski definition) is 2. The minimum absolute atomic E-state index is 1.12. The molecule has 2 nitrogen and oxygen atoms in total. The van der Waals surface area contributed by atoms with E-state index in [-0.39, 0.29) is 0 Å². The largest absolute Gasteiger partial charge is 0.314 e. The molecule has 104 valence electrons. The molecule has 0 saturated carbocycles. The van der Waals surface area contributed by atoms with Crippen LogP contribution in [0.5, 0.6) is 0 Å². The highest BCUT2D eigenvalue weighted by molar-refractivity contribution is 5.63. The maximum atomic E-state index is 3.39. The van der Waals surface area contributed by atoms with Gasteiger partial charge in [0, 0.05) is 32.7 Å². The van der Waals surface area contributed by atoms with E-state index < -0.39 is 0 Å². The molecule has 0 aliphatic carbocycles. The number of piperazine rings is 1. The van der Waals surface area contributed by atoms with E-state index in [4.69, 9.17) is 0 Å². The third kappa shape index (κ3) is 4.48. The molecule has 0 atom stereocenters. The van der Waals surface area contributed by atoms with Crippen molar-refractivity contribution in [3.05, 3.63) is 41.5 Å². The highest BCUT2D eigenvalue weighted by Gasteiger charge is 2.07. The Morgan fingerprint density at radius 1 is 1.21 bits per heavy atom. The van der Waals surface area contributed by atoms with Crippen LogP contribution in [0.2, 0.25) is 0 Å². The molecule has 1 aromatic rings. The van der Waals surface area contributed by atoms with Crippen molar-refractivity contribution in [2.24, 2.45) is 0 Å². The molecular weight excluding hydrogens is 232 g/mol. The number of nitrogens with one attached hydrogen (secondary N) is 1. The van der Waals surface area contributed by atoms with Crippen LogP contribution in [0.25, 0.3) is 5.57 Å². The summed E-state index contributed by atoms with van der Waals surface area (Å²) in [6.45, 7) is 10.3. The van der Waals surface area contributed by atoms with Crippen LogP contribution in [0.1, 0.15) is 31.4 Å². The van der Waals surface area contributed by atoms with Gasteiger partial charge < -0.3 is 10.2 Å². The van der Waals surface area contributed by atoms with E-state index in [1.165, 1.54) is 36.3 Å². The average Bonchev–Trinajstić information content (AvgIpc) is 2.48. The van der Waals surface area contributed by atoms with Gasteiger partial charge in [0.2, 0.25) is 0 Å². The third-order valence-electron chi connectivity index (χ3n) is 3.92. The topological polar surface area (TPSA) is 15.3 Å². The number of allylic oxidation sites excluding steroid dienone is 1. The first-order valence-corrected chi connectivity index (χ1v) is 7.48. The maximum Gasteiger partial charge on any atom is 0.0107 e. The summed E-state index contributed by atoms with van der Waals surface area (Å²) in [6.07, 6.45) is 4.65. The molecule has 1 aliphatic rings. The van der Waals surface area contributed by atoms with Gasteiger partial charge in [-0.05, 0) is 36.5 Å². The second kappa shape index (κ2) is 7.46. The predicted molar refractivity (Wildman–Crippen MR) is 83.4 cm³/mol. The monoisotopic (exact) mass is 258 g/mol. The van der Waals surface area contributed by atoms with E-state index in [1.54, 1.807) is 0 Å². The Morgan fingerprint density at radius 3 is 2.53 bits per heavy atom. The molecule has 1 aromatic carbocycles. The fourth-order valence-electron chi connectivity index (χ4n) is 2.52. The van der Waals surface area contributed by atoms with Gasteiger partial charge in [0.15, 0.2) is 0 Å². The van der Waals surface area contributed by atoms with E-state index >= 15 is 0 Å². The summed E-state index contributed by atoms with van der Waals surface area (Å²) in [7, 11) is 0. The SMILES string of the molecule is CCc1ccc(/C(C)=C/CCN2CCNCC2)cc1. The Kier molecular flexibility index (Phi) is 5.62. The van der Waals surface area contributed by atoms with Gasteiger partial charge in [0.05, 0.1) is 0 Å². The lowest BCUT2D eigenvalue weighted by Gasteiger charge is -2.26. The van der Waals surface area contributed by atoms with Crippen LogP contribution in [-0.4, -0.2) is 37.6 Å². The summed E-state index contributed by atoms with van der Waals surface area (Å²) in [6, 6.07) is 8.97. The van der Waals surface area contributed by atoms with Crippen LogP contribution in [0.15, 0.2) is 30.3 Å². The zero-order valence-corrected chi connectivity index (χ0v) is 12.3. The van der Waals surface area contributed by atoms with Crippen molar-refractivity contribution in [2.45, 2.75) is 26.7 Å². The summed E-state index contributed by atoms with van der Waals surface area (Å²) in [5.41, 5.74) is 4.17. The molecule has 1 heterocycles. The highest BCUT2D eigenvalue weighted by atomic mass is 15.2. The first kappa shape index (κ1) is 14.3. The summed E-state index contributed by atoms with van der Waals surface area (Å²) in [5, 5.41) is 3.39. The smallest absolute Gasteiger partial charge is 0.0107 e. The summed E-state index contributed by atoms with van der Waals surface area (Å²) in [4.78, 5) is 2.54. The maximum absolute atomic E-state index is 3.39. The average molecular weight is 258 g/mol. The summed E-state index contributed by atoms with van der Waals surface area (Å²) in [5.74, 6) is 0. The summed E-state index contributed by atoms with van der Waals surface area (Å²) >= 11 is 0. The first-order valence-electron chi connectivity index (χ1n) is 7.48. The van der Waals surface area contributed by atoms with Crippen LogP contribution in [-0.2, 0) is 6.42 Å². The molecule has 19 heavy (non-hydrogen) atoms. The van der Waals surface area contributed by atoms with Crippen LogP contribution in [0, 0.1) is 0 Å². The van der Waals surface area contributed by atoms with E-state index in [1.807, 2.05) is 0 Å². The number of nitrogens with zero attached hydrogens (tertiary/aromatic N) is 1. The molecule has 0 aromatic heterocycles. The van der Waals surface area contributed by atoms with Crippen molar-refractivity contribution in [1.29, 1.82) is 0 Å². The van der Waals surface area contributed by atoms with Crippen molar-refractivity contribution >= 4 is 5.57 Å². The zero-order chi connectivity index (χ0) is 13.5. The molecule has 2 heteroatoms. The Bertz CT molecular complexity index is 400. The zero-order valence-electron chi connectivity index (χ0n) is 12.3. The van der Waals surface area contributed by atoms with Gasteiger partial charge in [-0.15, -0.1) is 0 Å². The minimum atomic E-state index is 1.12. The number of aryl methyl sites for hydroxylation is 1. The second-order valence-corrected chi connectivity index (χ2v) is 5.32. The van der Waals surface area contributed by atoms with Gasteiger partial charge in [-0.3, -0.25) is 0 Å². The van der Waals surface area contributed by atoms with Crippen LogP contribution in [0.3, 0.4) is 0 Å². The Balaban J connectivity index is 1.83. The normalized spacial score (nSPS) is 17.7. The predicted octanol–water partition coefficient (Wildman–Crippen LogP) is 2.95. The lowest BCUT2D eigenvalue weighted by molar-refractivity contribution is 0.245. The second-order valence-electron chi connectivity index (χ2n) is 5.32. The standard InChI is InChI=1S/C17H26N2/c1-3-16-6-8-17(9-7-16)15(2)5-4-12-19-13-10-18-11-14-19/h5-9,18H,3-4,10-14H2,1-2H3/b15-5+. The molecule has 0 unspecified atom stereocenters. The van der Waals surface area contributed by atoms with Gasteiger partial charge in [-0.25, -0.2) is 0 Å². The van der Waals surface area contributed by atoms with Crippen molar-refractivity contribution < 1.29 is 0 Å². The van der Waals surface area contributed by atoms with Crippen LogP contribution < -0.4 is 5.32 Å². The molecule has 0 radical (unpaired) electrons. The van der Waals surface area contributed by atoms with Crippen LogP contribution >= 0.6 is 0 Å². The third-order valence-corrected chi connectivity index (χ3v) is 3.92. The number of rotatable bonds is 5. The van der Waals surface area contributed by atoms with Gasteiger partial charge in [-0.2, -0.15) is 0 Å². The molecule has 1 saturated heterocycles. The van der Waals surface area contributed by atoms with Crippen molar-refractivity contribution in [1.82, 2.24) is 10.2 Å². The van der Waals surface area contributed by atoms with E-state index in [0.717, 1.165) is 25.9 Å². The lowest BCUT2D eigenvalue weighted by Crippen LogP contribution is -2.43. The molecule has 1 fully saturated rings. The van der Waals surface area contributed by atoms with Crippen molar-refractivity contribution in [3.63, 3.8) is 0 Å². The van der Waals surface area contributed by atoms with Crippen LogP contribution in [0.4, 0.5) is 0 Å². The number of benzene rings is 1. The Hall–Kier alpha value is -1.12. The molecule has 0 amide bonds. The Morgan fingerprint density at radius 2 is 1.89 bits per heavy atom. The van der Waals surface area contributed by atoms with Gasteiger partial charge in [-0.1, -0.05) is 37.3 Å². The fraction of sp³-hybridized carbons (Fsp3) is 0.529. The lowest BCUT2D eigenvalue weighted by atomic mass is 10.0. The van der Waals surface area contributed by atoms with Crippen molar-refractivity contribution in [2.75, 3.05) is 32.7 Å². The molecule has 0 spiro atoms. The number of hydrogen-bond donors (Lipinski definition) is 1. The molecule has 1 aliphatic heterocycles. The van der Waals surface area contributed by atoms with Gasteiger partial charge in [0.1, 0.15) is 0 Å². The van der Waals surface area contributed by atoms with Gasteiger partial charge >= 0.3 is 0 Å². The van der Waals surface area contributed by atoms with Gasteiger partial charge in [0.25, 0.3) is 0 Å². The quantitative estimate of drug-likeness (QED) is 0.873. The highest BCUT2D eigenvalue weighted by Crippen LogP contribution is 2.15. The minimum Gasteiger partial charge on any atom is -0.314 e.